The maximum absolute atomic E-state index is 12.9. The highest BCUT2D eigenvalue weighted by molar-refractivity contribution is 5.97. The number of aryl methyl sites for hydroxylation is 1. The fraction of sp³-hybridized carbons (Fsp3) is 0.391. The molecule has 0 aromatic heterocycles. The van der Waals surface area contributed by atoms with E-state index < -0.39 is 6.04 Å². The lowest BCUT2D eigenvalue weighted by molar-refractivity contribution is -0.133. The van der Waals surface area contributed by atoms with Crippen LogP contribution in [0.15, 0.2) is 48.5 Å². The smallest absolute Gasteiger partial charge is 0.251 e. The van der Waals surface area contributed by atoms with Gasteiger partial charge in [-0.15, -0.1) is 0 Å². The number of carbonyl (C=O) groups is 2. The molecule has 2 amide bonds. The van der Waals surface area contributed by atoms with Gasteiger partial charge in [-0.25, -0.2) is 0 Å². The second kappa shape index (κ2) is 10.5. The number of amides is 2. The van der Waals surface area contributed by atoms with Gasteiger partial charge in [0.15, 0.2) is 0 Å². The number of nitrogens with zero attached hydrogens (tertiary/aromatic N) is 1. The van der Waals surface area contributed by atoms with Gasteiger partial charge in [-0.3, -0.25) is 9.59 Å². The van der Waals surface area contributed by atoms with E-state index in [0.717, 1.165) is 11.3 Å². The van der Waals surface area contributed by atoms with Crippen LogP contribution in [0.2, 0.25) is 0 Å². The Morgan fingerprint density at radius 1 is 1.07 bits per heavy atom. The summed E-state index contributed by atoms with van der Waals surface area (Å²) in [6.07, 6.45) is 0. The number of hydrogen-bond acceptors (Lipinski definition) is 4. The van der Waals surface area contributed by atoms with Gasteiger partial charge >= 0.3 is 0 Å². The van der Waals surface area contributed by atoms with E-state index in [1.165, 1.54) is 0 Å². The molecule has 0 radical (unpaired) electrons. The number of likely N-dealkylation sites (N-methyl/N-ethyl adjacent to an activating group) is 1. The summed E-state index contributed by atoms with van der Waals surface area (Å²) in [7, 11) is 3.29. The molecule has 1 atom stereocenters. The maximum Gasteiger partial charge on any atom is 0.251 e. The first-order valence-electron chi connectivity index (χ1n) is 9.71. The van der Waals surface area contributed by atoms with E-state index in [1.807, 2.05) is 45.0 Å². The Morgan fingerprint density at radius 2 is 1.76 bits per heavy atom. The highest BCUT2D eigenvalue weighted by Crippen LogP contribution is 2.14. The van der Waals surface area contributed by atoms with Crippen LogP contribution in [0.4, 0.5) is 0 Å². The molecule has 0 aliphatic heterocycles. The molecule has 0 spiro atoms. The van der Waals surface area contributed by atoms with E-state index in [2.05, 4.69) is 5.32 Å². The summed E-state index contributed by atoms with van der Waals surface area (Å²) in [6.45, 7) is 6.63. The molecule has 0 fully saturated rings. The summed E-state index contributed by atoms with van der Waals surface area (Å²) in [5.74, 6) is 0.967. The zero-order valence-corrected chi connectivity index (χ0v) is 17.8. The molecule has 0 aliphatic rings. The third-order valence-electron chi connectivity index (χ3n) is 4.63. The predicted molar refractivity (Wildman–Crippen MR) is 113 cm³/mol. The number of ether oxygens (including phenoxy) is 2. The van der Waals surface area contributed by atoms with Gasteiger partial charge in [-0.2, -0.15) is 0 Å². The summed E-state index contributed by atoms with van der Waals surface area (Å²) in [4.78, 5) is 27.0. The Labute approximate surface area is 172 Å². The zero-order valence-electron chi connectivity index (χ0n) is 17.8. The third kappa shape index (κ3) is 6.52. The van der Waals surface area contributed by atoms with Gasteiger partial charge in [0, 0.05) is 12.6 Å². The number of hydrogen-bond donors (Lipinski definition) is 1. The molecule has 6 nitrogen and oxygen atoms in total. The van der Waals surface area contributed by atoms with Gasteiger partial charge in [0.05, 0.1) is 13.7 Å². The van der Waals surface area contributed by atoms with Crippen molar-refractivity contribution in [3.8, 4) is 11.5 Å². The molecular formula is C23H30N2O4. The Morgan fingerprint density at radius 3 is 2.34 bits per heavy atom. The highest BCUT2D eigenvalue weighted by atomic mass is 16.5. The first kappa shape index (κ1) is 22.3. The van der Waals surface area contributed by atoms with Crippen LogP contribution in [0.5, 0.6) is 11.5 Å². The number of methoxy groups -OCH3 is 1. The van der Waals surface area contributed by atoms with Crippen LogP contribution in [0.25, 0.3) is 0 Å². The van der Waals surface area contributed by atoms with E-state index in [9.17, 15) is 9.59 Å². The maximum atomic E-state index is 12.9. The fourth-order valence-corrected chi connectivity index (χ4v) is 2.83. The summed E-state index contributed by atoms with van der Waals surface area (Å²) < 4.78 is 10.8. The van der Waals surface area contributed by atoms with E-state index in [1.54, 1.807) is 43.3 Å². The number of benzene rings is 2. The van der Waals surface area contributed by atoms with Gasteiger partial charge in [0.2, 0.25) is 5.91 Å². The van der Waals surface area contributed by atoms with E-state index in [0.29, 0.717) is 24.5 Å². The van der Waals surface area contributed by atoms with Crippen molar-refractivity contribution < 1.29 is 19.1 Å². The number of nitrogens with one attached hydrogen (secondary N) is 1. The molecule has 1 unspecified atom stereocenters. The van der Waals surface area contributed by atoms with Crippen molar-refractivity contribution in [3.63, 3.8) is 0 Å². The van der Waals surface area contributed by atoms with Crippen LogP contribution in [0.3, 0.4) is 0 Å². The molecule has 1 N–H and O–H groups in total. The normalized spacial score (nSPS) is 11.7. The molecule has 0 aliphatic carbocycles. The number of rotatable bonds is 9. The first-order chi connectivity index (χ1) is 13.8. The van der Waals surface area contributed by atoms with Gasteiger partial charge in [0.25, 0.3) is 5.91 Å². The molecule has 0 bridgehead atoms. The molecule has 6 heteroatoms. The molecule has 0 heterocycles. The quantitative estimate of drug-likeness (QED) is 0.704. The Hall–Kier alpha value is -3.02. The third-order valence-corrected chi connectivity index (χ3v) is 4.63. The Kier molecular flexibility index (Phi) is 8.07. The summed E-state index contributed by atoms with van der Waals surface area (Å²) in [5, 5.41) is 2.85. The first-order valence-corrected chi connectivity index (χ1v) is 9.71. The molecule has 0 saturated heterocycles. The lowest BCUT2D eigenvalue weighted by Gasteiger charge is -2.27. The van der Waals surface area contributed by atoms with Crippen LogP contribution in [-0.2, 0) is 4.79 Å². The molecule has 2 aromatic rings. The van der Waals surface area contributed by atoms with Crippen molar-refractivity contribution in [1.29, 1.82) is 0 Å². The molecule has 29 heavy (non-hydrogen) atoms. The van der Waals surface area contributed by atoms with Crippen LogP contribution in [0.1, 0.15) is 29.8 Å². The van der Waals surface area contributed by atoms with Crippen LogP contribution in [0, 0.1) is 12.8 Å². The van der Waals surface area contributed by atoms with Gasteiger partial charge in [0.1, 0.15) is 24.1 Å². The van der Waals surface area contributed by atoms with Crippen LogP contribution >= 0.6 is 0 Å². The summed E-state index contributed by atoms with van der Waals surface area (Å²) in [5.41, 5.74) is 1.60. The average molecular weight is 399 g/mol. The van der Waals surface area contributed by atoms with Gasteiger partial charge < -0.3 is 19.7 Å². The molecule has 2 aromatic carbocycles. The second-order valence-corrected chi connectivity index (χ2v) is 7.35. The van der Waals surface area contributed by atoms with Gasteiger partial charge in [-0.1, -0.05) is 26.0 Å². The van der Waals surface area contributed by atoms with E-state index in [-0.39, 0.29) is 17.7 Å². The Bertz CT molecular complexity index is 818. The Balaban J connectivity index is 1.93. The predicted octanol–water partition coefficient (Wildman–Crippen LogP) is 3.30. The lowest BCUT2D eigenvalue weighted by atomic mass is 10.0. The molecule has 2 rings (SSSR count). The SMILES string of the molecule is COc1ccc(C(=O)NC(C(=O)N(C)CCOc2cccc(C)c2)C(C)C)cc1. The minimum absolute atomic E-state index is 0.0511. The van der Waals surface area contributed by atoms with Crippen molar-refractivity contribution in [3.05, 3.63) is 59.7 Å². The van der Waals surface area contributed by atoms with E-state index >= 15 is 0 Å². The summed E-state index contributed by atoms with van der Waals surface area (Å²) in [6, 6.07) is 13.9. The monoisotopic (exact) mass is 398 g/mol. The van der Waals surface area contributed by atoms with Gasteiger partial charge in [-0.05, 0) is 54.8 Å². The average Bonchev–Trinajstić information content (AvgIpc) is 2.71. The fourth-order valence-electron chi connectivity index (χ4n) is 2.83. The topological polar surface area (TPSA) is 67.9 Å². The molecule has 156 valence electrons. The highest BCUT2D eigenvalue weighted by Gasteiger charge is 2.27. The standard InChI is InChI=1S/C23H30N2O4/c1-16(2)21(24-22(26)18-9-11-19(28-5)12-10-18)23(27)25(4)13-14-29-20-8-6-7-17(3)15-20/h6-12,15-16,21H,13-14H2,1-5H3,(H,24,26). The van der Waals surface area contributed by atoms with Crippen molar-refractivity contribution in [1.82, 2.24) is 10.2 Å². The van der Waals surface area contributed by atoms with Crippen molar-refractivity contribution in [2.24, 2.45) is 5.92 Å². The number of carbonyl (C=O) groups excluding carboxylic acids is 2. The lowest BCUT2D eigenvalue weighted by Crippen LogP contribution is -2.50. The van der Waals surface area contributed by atoms with Crippen molar-refractivity contribution in [2.75, 3.05) is 27.3 Å². The van der Waals surface area contributed by atoms with Crippen molar-refractivity contribution >= 4 is 11.8 Å². The minimum atomic E-state index is -0.617. The van der Waals surface area contributed by atoms with Crippen LogP contribution in [-0.4, -0.2) is 50.1 Å². The van der Waals surface area contributed by atoms with Crippen LogP contribution < -0.4 is 14.8 Å². The van der Waals surface area contributed by atoms with E-state index in [4.69, 9.17) is 9.47 Å². The molecular weight excluding hydrogens is 368 g/mol. The van der Waals surface area contributed by atoms with Crippen molar-refractivity contribution in [2.45, 2.75) is 26.8 Å². The zero-order chi connectivity index (χ0) is 21.4. The largest absolute Gasteiger partial charge is 0.497 e. The minimum Gasteiger partial charge on any atom is -0.497 e. The molecule has 0 saturated carbocycles. The summed E-state index contributed by atoms with van der Waals surface area (Å²) >= 11 is 0. The second-order valence-electron chi connectivity index (χ2n) is 7.35.